The highest BCUT2D eigenvalue weighted by Crippen LogP contribution is 2.18. The van der Waals surface area contributed by atoms with Gasteiger partial charge in [0.2, 0.25) is 0 Å². The molecule has 0 atom stereocenters. The van der Waals surface area contributed by atoms with Crippen molar-refractivity contribution in [1.82, 2.24) is 19.9 Å². The molecule has 0 aliphatic carbocycles. The van der Waals surface area contributed by atoms with E-state index in [1.54, 1.807) is 12.4 Å². The number of hydrogen-bond acceptors (Lipinski definition) is 4. The third-order valence-corrected chi connectivity index (χ3v) is 2.28. The molecular formula is C8H5IN4. The average Bonchev–Trinajstić information content (AvgIpc) is 2.20. The second-order valence-corrected chi connectivity index (χ2v) is 3.48. The van der Waals surface area contributed by atoms with E-state index in [4.69, 9.17) is 0 Å². The lowest BCUT2D eigenvalue weighted by Gasteiger charge is -1.99. The Morgan fingerprint density at radius 1 is 1.08 bits per heavy atom. The predicted octanol–water partition coefficient (Wildman–Crippen LogP) is 1.54. The van der Waals surface area contributed by atoms with E-state index in [1.807, 2.05) is 6.07 Å². The quantitative estimate of drug-likeness (QED) is 0.745. The Morgan fingerprint density at radius 3 is 2.62 bits per heavy atom. The zero-order chi connectivity index (χ0) is 9.10. The van der Waals surface area contributed by atoms with E-state index < -0.39 is 0 Å². The van der Waals surface area contributed by atoms with Crippen LogP contribution in [0.15, 0.2) is 31.1 Å². The molecule has 2 aromatic rings. The summed E-state index contributed by atoms with van der Waals surface area (Å²) in [6, 6.07) is 1.82. The summed E-state index contributed by atoms with van der Waals surface area (Å²) in [6.45, 7) is 0. The first-order valence-electron chi connectivity index (χ1n) is 3.60. The summed E-state index contributed by atoms with van der Waals surface area (Å²) in [5.41, 5.74) is 1.67. The van der Waals surface area contributed by atoms with E-state index in [0.717, 1.165) is 15.0 Å². The topological polar surface area (TPSA) is 51.6 Å². The molecule has 0 aromatic carbocycles. The van der Waals surface area contributed by atoms with Crippen molar-refractivity contribution >= 4 is 22.6 Å². The molecule has 0 unspecified atom stereocenters. The van der Waals surface area contributed by atoms with Gasteiger partial charge >= 0.3 is 0 Å². The van der Waals surface area contributed by atoms with Crippen LogP contribution in [0.2, 0.25) is 0 Å². The van der Waals surface area contributed by atoms with E-state index in [0.29, 0.717) is 0 Å². The van der Waals surface area contributed by atoms with Gasteiger partial charge in [0.15, 0.2) is 0 Å². The molecule has 0 amide bonds. The first-order chi connectivity index (χ1) is 6.38. The highest BCUT2D eigenvalue weighted by atomic mass is 127. The smallest absolute Gasteiger partial charge is 0.116 e. The van der Waals surface area contributed by atoms with Crippen molar-refractivity contribution in [3.8, 4) is 11.4 Å². The summed E-state index contributed by atoms with van der Waals surface area (Å²) < 4.78 is 0.985. The Hall–Kier alpha value is -1.11. The van der Waals surface area contributed by atoms with Crippen LogP contribution in [0, 0.1) is 3.57 Å². The van der Waals surface area contributed by atoms with Gasteiger partial charge in [0, 0.05) is 12.4 Å². The fourth-order valence-electron chi connectivity index (χ4n) is 0.932. The lowest BCUT2D eigenvalue weighted by atomic mass is 10.3. The summed E-state index contributed by atoms with van der Waals surface area (Å²) in [6.07, 6.45) is 6.47. The number of rotatable bonds is 1. The number of nitrogens with zero attached hydrogens (tertiary/aromatic N) is 4. The van der Waals surface area contributed by atoms with Crippen LogP contribution in [-0.4, -0.2) is 19.9 Å². The van der Waals surface area contributed by atoms with Gasteiger partial charge in [0.1, 0.15) is 18.3 Å². The molecule has 5 heteroatoms. The van der Waals surface area contributed by atoms with Gasteiger partial charge in [-0.25, -0.2) is 19.9 Å². The first-order valence-corrected chi connectivity index (χ1v) is 4.67. The normalized spacial score (nSPS) is 9.92. The molecule has 0 spiro atoms. The maximum Gasteiger partial charge on any atom is 0.116 e. The maximum absolute atomic E-state index is 4.14. The summed E-state index contributed by atoms with van der Waals surface area (Å²) >= 11 is 2.18. The average molecular weight is 284 g/mol. The van der Waals surface area contributed by atoms with Crippen LogP contribution in [0.5, 0.6) is 0 Å². The molecule has 0 N–H and O–H groups in total. The fourth-order valence-corrected chi connectivity index (χ4v) is 1.51. The lowest BCUT2D eigenvalue weighted by Crippen LogP contribution is -1.91. The molecule has 2 aromatic heterocycles. The van der Waals surface area contributed by atoms with Crippen molar-refractivity contribution in [2.45, 2.75) is 0 Å². The Bertz CT molecular complexity index is 404. The van der Waals surface area contributed by atoms with Crippen LogP contribution < -0.4 is 0 Å². The van der Waals surface area contributed by atoms with Crippen molar-refractivity contribution in [2.75, 3.05) is 0 Å². The molecule has 0 saturated carbocycles. The Morgan fingerprint density at radius 2 is 1.92 bits per heavy atom. The van der Waals surface area contributed by atoms with Crippen molar-refractivity contribution in [2.24, 2.45) is 0 Å². The molecule has 0 bridgehead atoms. The number of halogens is 1. The minimum Gasteiger partial charge on any atom is -0.245 e. The van der Waals surface area contributed by atoms with Crippen LogP contribution in [0.25, 0.3) is 11.4 Å². The van der Waals surface area contributed by atoms with E-state index in [1.165, 1.54) is 12.7 Å². The Kier molecular flexibility index (Phi) is 2.44. The van der Waals surface area contributed by atoms with Crippen LogP contribution in [0.4, 0.5) is 0 Å². The number of aromatic nitrogens is 4. The minimum absolute atomic E-state index is 0.821. The van der Waals surface area contributed by atoms with Gasteiger partial charge in [-0.1, -0.05) is 0 Å². The molecule has 64 valence electrons. The molecular weight excluding hydrogens is 279 g/mol. The first kappa shape index (κ1) is 8.49. The predicted molar refractivity (Wildman–Crippen MR) is 55.8 cm³/mol. The minimum atomic E-state index is 0.821. The van der Waals surface area contributed by atoms with Crippen molar-refractivity contribution in [1.29, 1.82) is 0 Å². The van der Waals surface area contributed by atoms with Gasteiger partial charge in [-0.05, 0) is 28.7 Å². The molecule has 0 aliphatic rings. The van der Waals surface area contributed by atoms with E-state index in [2.05, 4.69) is 42.5 Å². The van der Waals surface area contributed by atoms with E-state index in [-0.39, 0.29) is 0 Å². The van der Waals surface area contributed by atoms with Crippen LogP contribution in [0.1, 0.15) is 0 Å². The molecule has 0 radical (unpaired) electrons. The van der Waals surface area contributed by atoms with E-state index in [9.17, 15) is 0 Å². The third kappa shape index (κ3) is 1.80. The molecule has 2 heterocycles. The highest BCUT2D eigenvalue weighted by Gasteiger charge is 2.03. The molecule has 2 rings (SSSR count). The number of hydrogen-bond donors (Lipinski definition) is 0. The largest absolute Gasteiger partial charge is 0.245 e. The summed E-state index contributed by atoms with van der Waals surface area (Å²) in [5, 5.41) is 0. The second kappa shape index (κ2) is 3.73. The van der Waals surface area contributed by atoms with E-state index >= 15 is 0 Å². The van der Waals surface area contributed by atoms with Crippen LogP contribution >= 0.6 is 22.6 Å². The standard InChI is InChI=1S/C8H5IN4/c9-6-3-11-5-13-8(6)7-1-2-10-4-12-7/h1-5H. The zero-order valence-corrected chi connectivity index (χ0v) is 8.71. The van der Waals surface area contributed by atoms with Gasteiger partial charge in [-0.15, -0.1) is 0 Å². The molecule has 13 heavy (non-hydrogen) atoms. The van der Waals surface area contributed by atoms with Crippen LogP contribution in [-0.2, 0) is 0 Å². The van der Waals surface area contributed by atoms with Gasteiger partial charge in [-0.3, -0.25) is 0 Å². The van der Waals surface area contributed by atoms with Gasteiger partial charge in [0.25, 0.3) is 0 Å². The fraction of sp³-hybridized carbons (Fsp3) is 0. The van der Waals surface area contributed by atoms with Gasteiger partial charge in [0.05, 0.1) is 9.26 Å². The summed E-state index contributed by atoms with van der Waals surface area (Å²) in [5.74, 6) is 0. The van der Waals surface area contributed by atoms with Gasteiger partial charge in [-0.2, -0.15) is 0 Å². The maximum atomic E-state index is 4.14. The molecule has 4 nitrogen and oxygen atoms in total. The van der Waals surface area contributed by atoms with Crippen molar-refractivity contribution in [3.63, 3.8) is 0 Å². The van der Waals surface area contributed by atoms with Gasteiger partial charge < -0.3 is 0 Å². The Labute approximate surface area is 88.6 Å². The van der Waals surface area contributed by atoms with Crippen LogP contribution in [0.3, 0.4) is 0 Å². The van der Waals surface area contributed by atoms with Crippen molar-refractivity contribution < 1.29 is 0 Å². The summed E-state index contributed by atoms with van der Waals surface area (Å²) in [4.78, 5) is 16.0. The highest BCUT2D eigenvalue weighted by molar-refractivity contribution is 14.1. The second-order valence-electron chi connectivity index (χ2n) is 2.31. The Balaban J connectivity index is 2.54. The third-order valence-electron chi connectivity index (χ3n) is 1.49. The monoisotopic (exact) mass is 284 g/mol. The summed E-state index contributed by atoms with van der Waals surface area (Å²) in [7, 11) is 0. The zero-order valence-electron chi connectivity index (χ0n) is 6.55. The molecule has 0 aliphatic heterocycles. The van der Waals surface area contributed by atoms with Crippen molar-refractivity contribution in [3.05, 3.63) is 34.7 Å². The SMILES string of the molecule is Ic1cncnc1-c1ccncn1. The lowest BCUT2D eigenvalue weighted by molar-refractivity contribution is 1.11. The molecule has 0 fully saturated rings. The molecule has 0 saturated heterocycles.